The van der Waals surface area contributed by atoms with Gasteiger partial charge >= 0.3 is 5.97 Å². The summed E-state index contributed by atoms with van der Waals surface area (Å²) in [5, 5.41) is 12.0. The predicted octanol–water partition coefficient (Wildman–Crippen LogP) is 2.47. The van der Waals surface area contributed by atoms with Crippen LogP contribution in [0.4, 0.5) is 5.69 Å². The second-order valence-corrected chi connectivity index (χ2v) is 5.98. The number of anilines is 1. The lowest BCUT2D eigenvalue weighted by atomic mass is 10.1. The lowest BCUT2D eigenvalue weighted by Gasteiger charge is -2.24. The molecule has 0 aromatic heterocycles. The maximum absolute atomic E-state index is 12.5. The molecule has 0 saturated carbocycles. The van der Waals surface area contributed by atoms with Crippen LogP contribution in [-0.2, 0) is 9.59 Å². The third kappa shape index (κ3) is 5.64. The first kappa shape index (κ1) is 20.1. The zero-order chi connectivity index (χ0) is 19.8. The molecule has 1 amide bonds. The van der Waals surface area contributed by atoms with E-state index in [4.69, 9.17) is 14.6 Å². The molecule has 2 N–H and O–H groups in total. The van der Waals surface area contributed by atoms with Gasteiger partial charge in [0.2, 0.25) is 5.91 Å². The van der Waals surface area contributed by atoms with Crippen molar-refractivity contribution in [1.29, 1.82) is 0 Å². The number of methoxy groups -OCH3 is 2. The zero-order valence-corrected chi connectivity index (χ0v) is 15.6. The molecule has 2 aromatic rings. The highest BCUT2D eigenvalue weighted by Gasteiger charge is 2.19. The van der Waals surface area contributed by atoms with Gasteiger partial charge in [-0.25, -0.2) is 0 Å². The summed E-state index contributed by atoms with van der Waals surface area (Å²) >= 11 is 0. The maximum Gasteiger partial charge on any atom is 0.323 e. The summed E-state index contributed by atoms with van der Waals surface area (Å²) in [6, 6.07) is 14.0. The molecule has 1 atom stereocenters. The number of aliphatic carboxylic acids is 1. The van der Waals surface area contributed by atoms with E-state index in [-0.39, 0.29) is 25.0 Å². The first-order valence-electron chi connectivity index (χ1n) is 8.47. The lowest BCUT2D eigenvalue weighted by molar-refractivity contribution is -0.135. The van der Waals surface area contributed by atoms with Crippen molar-refractivity contribution in [3.63, 3.8) is 0 Å². The highest BCUT2D eigenvalue weighted by Crippen LogP contribution is 2.29. The van der Waals surface area contributed by atoms with Crippen LogP contribution in [0.15, 0.2) is 48.5 Å². The Balaban J connectivity index is 2.12. The molecule has 0 saturated heterocycles. The lowest BCUT2D eigenvalue weighted by Crippen LogP contribution is -2.40. The molecule has 7 nitrogen and oxygen atoms in total. The quantitative estimate of drug-likeness (QED) is 0.703. The Morgan fingerprint density at radius 1 is 1.07 bits per heavy atom. The minimum atomic E-state index is -1.01. The summed E-state index contributed by atoms with van der Waals surface area (Å²) in [6.45, 7) is 1.49. The van der Waals surface area contributed by atoms with Crippen LogP contribution >= 0.6 is 0 Å². The average Bonchev–Trinajstić information content (AvgIpc) is 2.67. The van der Waals surface area contributed by atoms with Gasteiger partial charge in [-0.2, -0.15) is 0 Å². The van der Waals surface area contributed by atoms with Crippen LogP contribution in [0, 0.1) is 0 Å². The van der Waals surface area contributed by atoms with Gasteiger partial charge < -0.3 is 24.8 Å². The number of nitrogens with one attached hydrogen (secondary N) is 1. The number of rotatable bonds is 9. The van der Waals surface area contributed by atoms with E-state index in [1.54, 1.807) is 56.7 Å². The van der Waals surface area contributed by atoms with Gasteiger partial charge in [0.05, 0.1) is 26.8 Å². The van der Waals surface area contributed by atoms with Crippen LogP contribution in [0.5, 0.6) is 11.5 Å². The number of carbonyl (C=O) groups excluding carboxylic acids is 1. The Morgan fingerprint density at radius 3 is 2.37 bits per heavy atom. The van der Waals surface area contributed by atoms with Crippen molar-refractivity contribution >= 4 is 17.6 Å². The van der Waals surface area contributed by atoms with E-state index in [2.05, 4.69) is 5.32 Å². The first-order chi connectivity index (χ1) is 12.9. The van der Waals surface area contributed by atoms with Crippen molar-refractivity contribution in [2.45, 2.75) is 13.0 Å². The predicted molar refractivity (Wildman–Crippen MR) is 102 cm³/mol. The van der Waals surface area contributed by atoms with E-state index in [9.17, 15) is 9.59 Å². The molecule has 2 aromatic carbocycles. The van der Waals surface area contributed by atoms with Gasteiger partial charge in [0.1, 0.15) is 18.0 Å². The average molecular weight is 372 g/mol. The van der Waals surface area contributed by atoms with Crippen molar-refractivity contribution in [1.82, 2.24) is 5.32 Å². The molecular weight excluding hydrogens is 348 g/mol. The van der Waals surface area contributed by atoms with Crippen LogP contribution in [-0.4, -0.2) is 44.3 Å². The fraction of sp³-hybridized carbons (Fsp3) is 0.300. The molecule has 0 aliphatic heterocycles. The summed E-state index contributed by atoms with van der Waals surface area (Å²) in [4.78, 5) is 25.2. The van der Waals surface area contributed by atoms with Crippen LogP contribution in [0.25, 0.3) is 0 Å². The molecule has 0 bridgehead atoms. The molecule has 27 heavy (non-hydrogen) atoms. The molecule has 0 aliphatic rings. The number of nitrogens with zero attached hydrogens (tertiary/aromatic N) is 1. The van der Waals surface area contributed by atoms with Crippen molar-refractivity contribution in [2.24, 2.45) is 0 Å². The zero-order valence-electron chi connectivity index (χ0n) is 15.6. The fourth-order valence-electron chi connectivity index (χ4n) is 2.76. The third-order valence-corrected chi connectivity index (χ3v) is 4.06. The van der Waals surface area contributed by atoms with E-state index < -0.39 is 5.97 Å². The molecule has 0 aliphatic carbocycles. The van der Waals surface area contributed by atoms with Crippen molar-refractivity contribution < 1.29 is 24.2 Å². The summed E-state index contributed by atoms with van der Waals surface area (Å²) in [7, 11) is 3.13. The second kappa shape index (κ2) is 9.47. The largest absolute Gasteiger partial charge is 0.497 e. The highest BCUT2D eigenvalue weighted by molar-refractivity contribution is 5.84. The maximum atomic E-state index is 12.5. The number of ether oxygens (including phenoxy) is 2. The fourth-order valence-corrected chi connectivity index (χ4v) is 2.76. The Labute approximate surface area is 158 Å². The van der Waals surface area contributed by atoms with Gasteiger partial charge in [-0.15, -0.1) is 0 Å². The first-order valence-corrected chi connectivity index (χ1v) is 8.47. The van der Waals surface area contributed by atoms with Crippen LogP contribution in [0.1, 0.15) is 18.5 Å². The van der Waals surface area contributed by atoms with Gasteiger partial charge in [0.15, 0.2) is 0 Å². The Hall–Kier alpha value is -3.22. The number of amides is 1. The van der Waals surface area contributed by atoms with Gasteiger partial charge in [0.25, 0.3) is 0 Å². The van der Waals surface area contributed by atoms with Gasteiger partial charge in [-0.3, -0.25) is 9.59 Å². The molecule has 2 rings (SSSR count). The molecule has 144 valence electrons. The number of hydrogen-bond donors (Lipinski definition) is 2. The highest BCUT2D eigenvalue weighted by atomic mass is 16.5. The van der Waals surface area contributed by atoms with E-state index in [0.29, 0.717) is 17.2 Å². The van der Waals surface area contributed by atoms with E-state index in [0.717, 1.165) is 5.56 Å². The van der Waals surface area contributed by atoms with Crippen LogP contribution in [0.3, 0.4) is 0 Å². The minimum Gasteiger partial charge on any atom is -0.497 e. The SMILES string of the molecule is COc1ccc(OC)c(C(C)NC(=O)CN(CC(=O)O)c2ccccc2)c1. The molecular formula is C20H24N2O5. The number of carboxylic acid groups (broad SMARTS) is 1. The topological polar surface area (TPSA) is 88.1 Å². The molecule has 0 fully saturated rings. The third-order valence-electron chi connectivity index (χ3n) is 4.06. The normalized spacial score (nSPS) is 11.4. The Morgan fingerprint density at radius 2 is 1.78 bits per heavy atom. The Kier molecular flexibility index (Phi) is 7.05. The summed E-state index contributed by atoms with van der Waals surface area (Å²) in [5.41, 5.74) is 1.44. The van der Waals surface area contributed by atoms with Crippen LogP contribution < -0.4 is 19.7 Å². The summed E-state index contributed by atoms with van der Waals surface area (Å²) in [5.74, 6) is -0.00983. The van der Waals surface area contributed by atoms with Gasteiger partial charge in [-0.1, -0.05) is 18.2 Å². The summed E-state index contributed by atoms with van der Waals surface area (Å²) < 4.78 is 10.6. The molecule has 0 radical (unpaired) electrons. The van der Waals surface area contributed by atoms with Crippen LogP contribution in [0.2, 0.25) is 0 Å². The molecule has 7 heteroatoms. The van der Waals surface area contributed by atoms with Gasteiger partial charge in [0, 0.05) is 11.3 Å². The minimum absolute atomic E-state index is 0.0765. The molecule has 1 unspecified atom stereocenters. The summed E-state index contributed by atoms with van der Waals surface area (Å²) in [6.07, 6.45) is 0. The van der Waals surface area contributed by atoms with Crippen molar-refractivity contribution in [2.75, 3.05) is 32.2 Å². The number of benzene rings is 2. The molecule has 0 heterocycles. The number of hydrogen-bond acceptors (Lipinski definition) is 5. The van der Waals surface area contributed by atoms with E-state index >= 15 is 0 Å². The number of carbonyl (C=O) groups is 2. The standard InChI is InChI=1S/C20H24N2O5/c1-14(17-11-16(26-2)9-10-18(17)27-3)21-19(23)12-22(13-20(24)25)15-7-5-4-6-8-15/h4-11,14H,12-13H2,1-3H3,(H,21,23)(H,24,25). The smallest absolute Gasteiger partial charge is 0.323 e. The van der Waals surface area contributed by atoms with Crippen molar-refractivity contribution in [3.05, 3.63) is 54.1 Å². The number of carboxylic acids is 1. The van der Waals surface area contributed by atoms with E-state index in [1.165, 1.54) is 4.90 Å². The number of para-hydroxylation sites is 1. The van der Waals surface area contributed by atoms with Crippen molar-refractivity contribution in [3.8, 4) is 11.5 Å². The molecule has 0 spiro atoms. The van der Waals surface area contributed by atoms with Gasteiger partial charge in [-0.05, 0) is 37.3 Å². The second-order valence-electron chi connectivity index (χ2n) is 5.98. The Bertz CT molecular complexity index is 779. The van der Waals surface area contributed by atoms with E-state index in [1.807, 2.05) is 13.0 Å². The monoisotopic (exact) mass is 372 g/mol.